The average Bonchev–Trinajstić information content (AvgIpc) is 3.22. The second-order valence-electron chi connectivity index (χ2n) is 7.33. The van der Waals surface area contributed by atoms with E-state index in [2.05, 4.69) is 6.92 Å². The molecular weight excluding hydrogens is 370 g/mol. The highest BCUT2D eigenvalue weighted by atomic mass is 16.7. The molecule has 6 heteroatoms. The fourth-order valence-electron chi connectivity index (χ4n) is 3.55. The molecule has 0 fully saturated rings. The number of amides is 1. The van der Waals surface area contributed by atoms with E-state index in [9.17, 15) is 4.79 Å². The van der Waals surface area contributed by atoms with Crippen LogP contribution in [0.3, 0.4) is 0 Å². The quantitative estimate of drug-likeness (QED) is 0.675. The number of carbonyl (C=O) groups excluding carboxylic acids is 1. The number of ether oxygens (including phenoxy) is 4. The Labute approximate surface area is 171 Å². The zero-order valence-electron chi connectivity index (χ0n) is 16.8. The first kappa shape index (κ1) is 19.4. The van der Waals surface area contributed by atoms with Crippen molar-refractivity contribution < 1.29 is 23.7 Å². The van der Waals surface area contributed by atoms with E-state index in [4.69, 9.17) is 18.9 Å². The van der Waals surface area contributed by atoms with Crippen molar-refractivity contribution in [3.63, 3.8) is 0 Å². The summed E-state index contributed by atoms with van der Waals surface area (Å²) in [6.07, 6.45) is 3.18. The highest BCUT2D eigenvalue weighted by Gasteiger charge is 2.18. The van der Waals surface area contributed by atoms with Crippen LogP contribution in [-0.4, -0.2) is 37.4 Å². The molecule has 1 amide bonds. The van der Waals surface area contributed by atoms with E-state index in [1.54, 1.807) is 0 Å². The normalized spacial score (nSPS) is 14.0. The van der Waals surface area contributed by atoms with Crippen LogP contribution in [0.15, 0.2) is 36.4 Å². The third-order valence-electron chi connectivity index (χ3n) is 5.18. The minimum atomic E-state index is 0.158. The molecule has 0 N–H and O–H groups in total. The van der Waals surface area contributed by atoms with Crippen LogP contribution in [0, 0.1) is 0 Å². The first-order chi connectivity index (χ1) is 14.2. The van der Waals surface area contributed by atoms with Crippen molar-refractivity contribution in [2.45, 2.75) is 39.2 Å². The van der Waals surface area contributed by atoms with Gasteiger partial charge in [0.05, 0.1) is 0 Å². The summed E-state index contributed by atoms with van der Waals surface area (Å²) < 4.78 is 22.1. The number of rotatable bonds is 8. The minimum absolute atomic E-state index is 0.158. The van der Waals surface area contributed by atoms with Crippen LogP contribution < -0.4 is 18.9 Å². The minimum Gasteiger partial charge on any atom is -0.486 e. The van der Waals surface area contributed by atoms with Crippen molar-refractivity contribution in [3.8, 4) is 23.0 Å². The summed E-state index contributed by atoms with van der Waals surface area (Å²) in [4.78, 5) is 14.9. The Balaban J connectivity index is 1.39. The first-order valence-corrected chi connectivity index (χ1v) is 10.3. The summed E-state index contributed by atoms with van der Waals surface area (Å²) in [5.74, 6) is 3.22. The van der Waals surface area contributed by atoms with Gasteiger partial charge in [0.1, 0.15) is 13.2 Å². The first-order valence-electron chi connectivity index (χ1n) is 10.3. The van der Waals surface area contributed by atoms with Gasteiger partial charge in [-0.3, -0.25) is 4.79 Å². The molecule has 6 nitrogen and oxygen atoms in total. The SMILES string of the molecule is CCCCN(Cc1ccc2c(c1)OCCO2)C(=O)CCc1ccc2c(c1)OCO2. The molecule has 2 aliphatic rings. The molecule has 4 rings (SSSR count). The molecule has 0 radical (unpaired) electrons. The van der Waals surface area contributed by atoms with E-state index in [0.29, 0.717) is 32.6 Å². The summed E-state index contributed by atoms with van der Waals surface area (Å²) in [7, 11) is 0. The van der Waals surface area contributed by atoms with Crippen molar-refractivity contribution in [2.75, 3.05) is 26.6 Å². The predicted octanol–water partition coefficient (Wildman–Crippen LogP) is 3.95. The second kappa shape index (κ2) is 9.07. The number of fused-ring (bicyclic) bond motifs is 2. The summed E-state index contributed by atoms with van der Waals surface area (Å²) >= 11 is 0. The van der Waals surface area contributed by atoms with Gasteiger partial charge in [0.25, 0.3) is 0 Å². The Hall–Kier alpha value is -2.89. The van der Waals surface area contributed by atoms with Crippen LogP contribution in [-0.2, 0) is 17.8 Å². The van der Waals surface area contributed by atoms with Crippen LogP contribution in [0.1, 0.15) is 37.3 Å². The smallest absolute Gasteiger partial charge is 0.231 e. The molecule has 0 aliphatic carbocycles. The van der Waals surface area contributed by atoms with Crippen LogP contribution in [0.25, 0.3) is 0 Å². The fourth-order valence-corrected chi connectivity index (χ4v) is 3.55. The number of unbranched alkanes of at least 4 members (excludes halogenated alkanes) is 1. The van der Waals surface area contributed by atoms with Gasteiger partial charge in [-0.05, 0) is 48.2 Å². The number of hydrogen-bond donors (Lipinski definition) is 0. The van der Waals surface area contributed by atoms with Crippen LogP contribution in [0.2, 0.25) is 0 Å². The number of hydrogen-bond acceptors (Lipinski definition) is 5. The van der Waals surface area contributed by atoms with Crippen molar-refractivity contribution in [2.24, 2.45) is 0 Å². The Morgan fingerprint density at radius 3 is 2.38 bits per heavy atom. The molecule has 0 unspecified atom stereocenters. The van der Waals surface area contributed by atoms with Gasteiger partial charge in [-0.2, -0.15) is 0 Å². The topological polar surface area (TPSA) is 57.2 Å². The molecule has 0 saturated carbocycles. The second-order valence-corrected chi connectivity index (χ2v) is 7.33. The van der Waals surface area contributed by atoms with E-state index in [-0.39, 0.29) is 12.7 Å². The predicted molar refractivity (Wildman–Crippen MR) is 109 cm³/mol. The third kappa shape index (κ3) is 4.75. The number of aryl methyl sites for hydroxylation is 1. The molecule has 2 aromatic rings. The highest BCUT2D eigenvalue weighted by molar-refractivity contribution is 5.76. The molecule has 0 atom stereocenters. The molecule has 2 aliphatic heterocycles. The highest BCUT2D eigenvalue weighted by Crippen LogP contribution is 2.33. The van der Waals surface area contributed by atoms with E-state index in [1.807, 2.05) is 41.3 Å². The lowest BCUT2D eigenvalue weighted by Gasteiger charge is -2.24. The monoisotopic (exact) mass is 397 g/mol. The fraction of sp³-hybridized carbons (Fsp3) is 0.435. The van der Waals surface area contributed by atoms with Crippen molar-refractivity contribution in [1.29, 1.82) is 0 Å². The Morgan fingerprint density at radius 1 is 0.897 bits per heavy atom. The lowest BCUT2D eigenvalue weighted by atomic mass is 10.1. The van der Waals surface area contributed by atoms with Gasteiger partial charge < -0.3 is 23.8 Å². The van der Waals surface area contributed by atoms with E-state index >= 15 is 0 Å². The van der Waals surface area contributed by atoms with Crippen LogP contribution in [0.4, 0.5) is 0 Å². The van der Waals surface area contributed by atoms with Gasteiger partial charge in [-0.25, -0.2) is 0 Å². The molecule has 2 heterocycles. The largest absolute Gasteiger partial charge is 0.486 e. The molecule has 0 spiro atoms. The van der Waals surface area contributed by atoms with Gasteiger partial charge in [0.15, 0.2) is 23.0 Å². The molecule has 29 heavy (non-hydrogen) atoms. The zero-order valence-corrected chi connectivity index (χ0v) is 16.8. The van der Waals surface area contributed by atoms with Crippen molar-refractivity contribution in [1.82, 2.24) is 4.90 Å². The molecule has 154 valence electrons. The lowest BCUT2D eigenvalue weighted by molar-refractivity contribution is -0.131. The molecule has 2 aromatic carbocycles. The van der Waals surface area contributed by atoms with Gasteiger partial charge in [-0.15, -0.1) is 0 Å². The Kier molecular flexibility index (Phi) is 6.08. The Bertz CT molecular complexity index is 866. The number of benzene rings is 2. The summed E-state index contributed by atoms with van der Waals surface area (Å²) in [5, 5.41) is 0. The number of carbonyl (C=O) groups is 1. The van der Waals surface area contributed by atoms with Gasteiger partial charge in [0, 0.05) is 19.5 Å². The zero-order chi connectivity index (χ0) is 20.1. The van der Waals surface area contributed by atoms with E-state index < -0.39 is 0 Å². The van der Waals surface area contributed by atoms with E-state index in [1.165, 1.54) is 0 Å². The van der Waals surface area contributed by atoms with Gasteiger partial charge >= 0.3 is 0 Å². The molecule has 0 aromatic heterocycles. The standard InChI is InChI=1S/C23H27NO5/c1-2-3-10-24(15-18-5-8-19-21(14-18)27-12-11-26-19)23(25)9-6-17-4-7-20-22(13-17)29-16-28-20/h4-5,7-8,13-14H,2-3,6,9-12,15-16H2,1H3. The Morgan fingerprint density at radius 2 is 1.55 bits per heavy atom. The van der Waals surface area contributed by atoms with Crippen molar-refractivity contribution >= 4 is 5.91 Å². The number of nitrogens with zero attached hydrogens (tertiary/aromatic N) is 1. The summed E-state index contributed by atoms with van der Waals surface area (Å²) in [6, 6.07) is 11.8. The van der Waals surface area contributed by atoms with Gasteiger partial charge in [0.2, 0.25) is 12.7 Å². The van der Waals surface area contributed by atoms with Crippen LogP contribution >= 0.6 is 0 Å². The summed E-state index contributed by atoms with van der Waals surface area (Å²) in [6.45, 7) is 4.87. The maximum atomic E-state index is 13.0. The van der Waals surface area contributed by atoms with Crippen LogP contribution in [0.5, 0.6) is 23.0 Å². The maximum absolute atomic E-state index is 13.0. The molecular formula is C23H27NO5. The third-order valence-corrected chi connectivity index (χ3v) is 5.18. The van der Waals surface area contributed by atoms with E-state index in [0.717, 1.165) is 53.5 Å². The average molecular weight is 397 g/mol. The maximum Gasteiger partial charge on any atom is 0.231 e. The van der Waals surface area contributed by atoms with Gasteiger partial charge in [-0.1, -0.05) is 25.5 Å². The van der Waals surface area contributed by atoms with Crippen molar-refractivity contribution in [3.05, 3.63) is 47.5 Å². The lowest BCUT2D eigenvalue weighted by Crippen LogP contribution is -2.31. The summed E-state index contributed by atoms with van der Waals surface area (Å²) in [5.41, 5.74) is 2.14. The molecule has 0 bridgehead atoms. The molecule has 0 saturated heterocycles.